The van der Waals surface area contributed by atoms with Crippen molar-refractivity contribution in [3.8, 4) is 0 Å². The molecule has 0 heterocycles. The molecule has 0 aliphatic carbocycles. The highest BCUT2D eigenvalue weighted by Gasteiger charge is 2.36. The van der Waals surface area contributed by atoms with Gasteiger partial charge in [-0.3, -0.25) is 14.4 Å². The van der Waals surface area contributed by atoms with E-state index in [1.54, 1.807) is 38.1 Å². The van der Waals surface area contributed by atoms with Crippen LogP contribution in [0.2, 0.25) is 0 Å². The lowest BCUT2D eigenvalue weighted by atomic mass is 9.90. The number of carbonyl (C=O) groups is 3. The van der Waals surface area contributed by atoms with E-state index in [0.717, 1.165) is 11.1 Å². The first-order valence-corrected chi connectivity index (χ1v) is 8.67. The molecule has 2 aromatic rings. The zero-order valence-corrected chi connectivity index (χ0v) is 16.3. The third-order valence-corrected chi connectivity index (χ3v) is 4.08. The average molecular weight is 367 g/mol. The normalized spacial score (nSPS) is 10.9. The molecule has 6 nitrogen and oxygen atoms in total. The second-order valence-corrected chi connectivity index (χ2v) is 7.17. The molecule has 0 atom stereocenters. The summed E-state index contributed by atoms with van der Waals surface area (Å²) in [5, 5.41) is 8.21. The molecule has 3 N–H and O–H groups in total. The van der Waals surface area contributed by atoms with Gasteiger partial charge in [-0.05, 0) is 75.2 Å². The van der Waals surface area contributed by atoms with Crippen LogP contribution in [0.25, 0.3) is 0 Å². The van der Waals surface area contributed by atoms with Crippen LogP contribution in [-0.4, -0.2) is 17.7 Å². The minimum Gasteiger partial charge on any atom is -0.326 e. The molecule has 3 amide bonds. The second-order valence-electron chi connectivity index (χ2n) is 7.17. The third kappa shape index (κ3) is 5.41. The number of aryl methyl sites for hydroxylation is 2. The quantitative estimate of drug-likeness (QED) is 0.701. The zero-order chi connectivity index (χ0) is 20.2. The van der Waals surface area contributed by atoms with E-state index in [1.165, 1.54) is 6.92 Å². The van der Waals surface area contributed by atoms with Crippen molar-refractivity contribution in [2.45, 2.75) is 34.6 Å². The Morgan fingerprint density at radius 1 is 0.704 bits per heavy atom. The lowest BCUT2D eigenvalue weighted by molar-refractivity contribution is -0.135. The van der Waals surface area contributed by atoms with E-state index in [9.17, 15) is 14.4 Å². The number of rotatable bonds is 5. The topological polar surface area (TPSA) is 87.3 Å². The van der Waals surface area contributed by atoms with Crippen molar-refractivity contribution in [1.29, 1.82) is 0 Å². The highest BCUT2D eigenvalue weighted by Crippen LogP contribution is 2.23. The van der Waals surface area contributed by atoms with Crippen molar-refractivity contribution in [3.63, 3.8) is 0 Å². The van der Waals surface area contributed by atoms with Gasteiger partial charge in [-0.25, -0.2) is 0 Å². The van der Waals surface area contributed by atoms with Gasteiger partial charge in [0.15, 0.2) is 0 Å². The Morgan fingerprint density at radius 2 is 1.11 bits per heavy atom. The van der Waals surface area contributed by atoms with Crippen LogP contribution in [0.5, 0.6) is 0 Å². The summed E-state index contributed by atoms with van der Waals surface area (Å²) in [7, 11) is 0. The van der Waals surface area contributed by atoms with Crippen molar-refractivity contribution in [2.75, 3.05) is 16.0 Å². The van der Waals surface area contributed by atoms with Gasteiger partial charge in [0.25, 0.3) is 0 Å². The maximum absolute atomic E-state index is 12.6. The summed E-state index contributed by atoms with van der Waals surface area (Å²) in [6.07, 6.45) is 0. The smallest absolute Gasteiger partial charge is 0.239 e. The van der Waals surface area contributed by atoms with Crippen molar-refractivity contribution in [3.05, 3.63) is 53.6 Å². The Labute approximate surface area is 159 Å². The maximum Gasteiger partial charge on any atom is 0.239 e. The number of nitrogens with one attached hydrogen (secondary N) is 3. The molecule has 0 saturated carbocycles. The predicted octanol–water partition coefficient (Wildman–Crippen LogP) is 3.87. The van der Waals surface area contributed by atoms with Crippen molar-refractivity contribution in [2.24, 2.45) is 5.41 Å². The van der Waals surface area contributed by atoms with E-state index < -0.39 is 11.3 Å². The molecule has 0 aliphatic heterocycles. The summed E-state index contributed by atoms with van der Waals surface area (Å²) < 4.78 is 0. The number of hydrogen-bond acceptors (Lipinski definition) is 3. The molecule has 0 radical (unpaired) electrons. The van der Waals surface area contributed by atoms with Gasteiger partial charge in [-0.1, -0.05) is 6.07 Å². The Balaban J connectivity index is 2.06. The van der Waals surface area contributed by atoms with E-state index in [-0.39, 0.29) is 11.8 Å². The highest BCUT2D eigenvalue weighted by molar-refractivity contribution is 6.14. The molecule has 0 saturated heterocycles. The molecule has 2 rings (SSSR count). The second kappa shape index (κ2) is 8.03. The van der Waals surface area contributed by atoms with Crippen molar-refractivity contribution >= 4 is 34.8 Å². The summed E-state index contributed by atoms with van der Waals surface area (Å²) in [4.78, 5) is 36.3. The number of amides is 3. The lowest BCUT2D eigenvalue weighted by Gasteiger charge is -2.23. The van der Waals surface area contributed by atoms with Gasteiger partial charge < -0.3 is 16.0 Å². The first kappa shape index (κ1) is 20.2. The van der Waals surface area contributed by atoms with Gasteiger partial charge in [-0.15, -0.1) is 0 Å². The largest absolute Gasteiger partial charge is 0.326 e. The number of anilines is 3. The number of carbonyl (C=O) groups excluding carboxylic acids is 3. The van der Waals surface area contributed by atoms with Crippen LogP contribution in [0.3, 0.4) is 0 Å². The summed E-state index contributed by atoms with van der Waals surface area (Å²) in [5.74, 6) is -0.979. The van der Waals surface area contributed by atoms with Gasteiger partial charge in [0.2, 0.25) is 17.7 Å². The maximum atomic E-state index is 12.6. The monoisotopic (exact) mass is 367 g/mol. The summed E-state index contributed by atoms with van der Waals surface area (Å²) >= 11 is 0. The van der Waals surface area contributed by atoms with Gasteiger partial charge in [-0.2, -0.15) is 0 Å². The highest BCUT2D eigenvalue weighted by atomic mass is 16.2. The Bertz CT molecular complexity index is 850. The van der Waals surface area contributed by atoms with Crippen LogP contribution in [0.1, 0.15) is 31.9 Å². The van der Waals surface area contributed by atoms with Crippen LogP contribution in [0, 0.1) is 19.3 Å². The summed E-state index contributed by atoms with van der Waals surface area (Å²) in [5.41, 5.74) is 2.64. The van der Waals surface area contributed by atoms with Crippen molar-refractivity contribution < 1.29 is 14.4 Å². The molecule has 0 spiro atoms. The molecule has 0 unspecified atom stereocenters. The van der Waals surface area contributed by atoms with Gasteiger partial charge >= 0.3 is 0 Å². The standard InChI is InChI=1S/C21H25N3O3/c1-13-10-14(2)12-18(11-13)24-20(27)21(4,5)19(26)23-17-8-6-16(7-9-17)22-15(3)25/h6-12H,1-5H3,(H,22,25)(H,23,26)(H,24,27). The number of benzene rings is 2. The molecule has 142 valence electrons. The molecular weight excluding hydrogens is 342 g/mol. The molecule has 27 heavy (non-hydrogen) atoms. The summed E-state index contributed by atoms with van der Waals surface area (Å²) in [6.45, 7) is 8.47. The van der Waals surface area contributed by atoms with Crippen LogP contribution >= 0.6 is 0 Å². The van der Waals surface area contributed by atoms with Crippen molar-refractivity contribution in [1.82, 2.24) is 0 Å². The Hall–Kier alpha value is -3.15. The SMILES string of the molecule is CC(=O)Nc1ccc(NC(=O)C(C)(C)C(=O)Nc2cc(C)cc(C)c2)cc1. The molecule has 0 bridgehead atoms. The summed E-state index contributed by atoms with van der Waals surface area (Å²) in [6, 6.07) is 12.4. The van der Waals surface area contributed by atoms with Crippen LogP contribution < -0.4 is 16.0 Å². The van der Waals surface area contributed by atoms with E-state index >= 15 is 0 Å². The van der Waals surface area contributed by atoms with Gasteiger partial charge in [0.1, 0.15) is 5.41 Å². The first-order chi connectivity index (χ1) is 12.6. The molecular formula is C21H25N3O3. The molecule has 0 fully saturated rings. The van der Waals surface area contributed by atoms with Gasteiger partial charge in [0, 0.05) is 24.0 Å². The Kier molecular flexibility index (Phi) is 6.00. The van der Waals surface area contributed by atoms with Crippen LogP contribution in [0.15, 0.2) is 42.5 Å². The predicted molar refractivity (Wildman–Crippen MR) is 108 cm³/mol. The van der Waals surface area contributed by atoms with Crippen LogP contribution in [0.4, 0.5) is 17.1 Å². The Morgan fingerprint density at radius 3 is 1.56 bits per heavy atom. The average Bonchev–Trinajstić information content (AvgIpc) is 2.55. The van der Waals surface area contributed by atoms with Crippen LogP contribution in [-0.2, 0) is 14.4 Å². The zero-order valence-electron chi connectivity index (χ0n) is 16.3. The van der Waals surface area contributed by atoms with Gasteiger partial charge in [0.05, 0.1) is 0 Å². The number of hydrogen-bond donors (Lipinski definition) is 3. The minimum absolute atomic E-state index is 0.170. The third-order valence-electron chi connectivity index (χ3n) is 4.08. The first-order valence-electron chi connectivity index (χ1n) is 8.67. The molecule has 0 aliphatic rings. The lowest BCUT2D eigenvalue weighted by Crippen LogP contribution is -2.41. The fourth-order valence-corrected chi connectivity index (χ4v) is 2.56. The van der Waals surface area contributed by atoms with E-state index in [1.807, 2.05) is 32.0 Å². The van der Waals surface area contributed by atoms with E-state index in [2.05, 4.69) is 16.0 Å². The van der Waals surface area contributed by atoms with E-state index in [0.29, 0.717) is 17.1 Å². The minimum atomic E-state index is -1.27. The molecule has 6 heteroatoms. The molecule has 2 aromatic carbocycles. The fraction of sp³-hybridized carbons (Fsp3) is 0.286. The van der Waals surface area contributed by atoms with E-state index in [4.69, 9.17) is 0 Å². The fourth-order valence-electron chi connectivity index (χ4n) is 2.56. The molecule has 0 aromatic heterocycles.